The standard InChI is InChI=1S/C14H16ClFN2O/c15-11-2-1-3-12(16)13(11)14(19)18-9-4-5-10(18)8-17-7-6-9/h1-3,9-10,17H,4-8H2. The van der Waals surface area contributed by atoms with E-state index in [9.17, 15) is 9.18 Å². The summed E-state index contributed by atoms with van der Waals surface area (Å²) >= 11 is 6.00. The first-order chi connectivity index (χ1) is 9.18. The first-order valence-electron chi connectivity index (χ1n) is 6.66. The van der Waals surface area contributed by atoms with Crippen molar-refractivity contribution in [3.63, 3.8) is 0 Å². The summed E-state index contributed by atoms with van der Waals surface area (Å²) in [6, 6.07) is 4.75. The van der Waals surface area contributed by atoms with Gasteiger partial charge in [-0.3, -0.25) is 4.79 Å². The zero-order chi connectivity index (χ0) is 13.4. The molecule has 2 heterocycles. The molecule has 3 rings (SSSR count). The van der Waals surface area contributed by atoms with Crippen molar-refractivity contribution >= 4 is 17.5 Å². The van der Waals surface area contributed by atoms with E-state index in [-0.39, 0.29) is 28.6 Å². The molecule has 2 aliphatic rings. The fourth-order valence-electron chi connectivity index (χ4n) is 3.15. The average molecular weight is 283 g/mol. The summed E-state index contributed by atoms with van der Waals surface area (Å²) in [7, 11) is 0. The smallest absolute Gasteiger partial charge is 0.258 e. The van der Waals surface area contributed by atoms with E-state index in [1.54, 1.807) is 6.07 Å². The van der Waals surface area contributed by atoms with Crippen LogP contribution < -0.4 is 5.32 Å². The van der Waals surface area contributed by atoms with Crippen molar-refractivity contribution in [3.8, 4) is 0 Å². The Morgan fingerprint density at radius 2 is 2.11 bits per heavy atom. The Hall–Kier alpha value is -1.13. The molecule has 1 aromatic carbocycles. The van der Waals surface area contributed by atoms with Crippen molar-refractivity contribution in [1.29, 1.82) is 0 Å². The summed E-state index contributed by atoms with van der Waals surface area (Å²) in [6.07, 6.45) is 2.91. The Kier molecular flexibility index (Phi) is 3.46. The lowest BCUT2D eigenvalue weighted by atomic mass is 10.1. The largest absolute Gasteiger partial charge is 0.331 e. The second-order valence-corrected chi connectivity index (χ2v) is 5.59. The molecule has 102 valence electrons. The second kappa shape index (κ2) is 5.10. The number of hydrogen-bond donors (Lipinski definition) is 1. The number of fused-ring (bicyclic) bond motifs is 2. The van der Waals surface area contributed by atoms with E-state index in [4.69, 9.17) is 11.6 Å². The molecule has 2 fully saturated rings. The molecule has 2 atom stereocenters. The minimum atomic E-state index is -0.533. The molecule has 0 spiro atoms. The van der Waals surface area contributed by atoms with Gasteiger partial charge in [0.25, 0.3) is 5.91 Å². The zero-order valence-corrected chi connectivity index (χ0v) is 11.3. The summed E-state index contributed by atoms with van der Waals surface area (Å²) < 4.78 is 13.9. The van der Waals surface area contributed by atoms with Crippen LogP contribution in [0.2, 0.25) is 5.02 Å². The third-order valence-corrected chi connectivity index (χ3v) is 4.38. The number of hydrogen-bond acceptors (Lipinski definition) is 2. The van der Waals surface area contributed by atoms with Gasteiger partial charge in [-0.15, -0.1) is 0 Å². The van der Waals surface area contributed by atoms with Crippen molar-refractivity contribution in [1.82, 2.24) is 10.2 Å². The molecule has 0 radical (unpaired) electrons. The third-order valence-electron chi connectivity index (χ3n) is 4.07. The van der Waals surface area contributed by atoms with Crippen LogP contribution >= 0.6 is 11.6 Å². The maximum Gasteiger partial charge on any atom is 0.258 e. The van der Waals surface area contributed by atoms with E-state index in [0.29, 0.717) is 0 Å². The van der Waals surface area contributed by atoms with Gasteiger partial charge in [0.1, 0.15) is 5.82 Å². The van der Waals surface area contributed by atoms with E-state index in [2.05, 4.69) is 5.32 Å². The van der Waals surface area contributed by atoms with Crippen LogP contribution in [-0.2, 0) is 0 Å². The maximum absolute atomic E-state index is 13.9. The lowest BCUT2D eigenvalue weighted by Gasteiger charge is -2.28. The van der Waals surface area contributed by atoms with Crippen LogP contribution in [0.5, 0.6) is 0 Å². The zero-order valence-electron chi connectivity index (χ0n) is 10.5. The number of amides is 1. The van der Waals surface area contributed by atoms with Gasteiger partial charge in [0.05, 0.1) is 10.6 Å². The van der Waals surface area contributed by atoms with Crippen molar-refractivity contribution in [2.24, 2.45) is 0 Å². The number of halogens is 2. The van der Waals surface area contributed by atoms with Gasteiger partial charge in [-0.05, 0) is 37.9 Å². The van der Waals surface area contributed by atoms with E-state index in [0.717, 1.165) is 32.4 Å². The molecule has 0 aromatic heterocycles. The lowest BCUT2D eigenvalue weighted by Crippen LogP contribution is -2.43. The summed E-state index contributed by atoms with van der Waals surface area (Å²) in [4.78, 5) is 14.5. The molecule has 1 aromatic rings. The number of carbonyl (C=O) groups excluding carboxylic acids is 1. The summed E-state index contributed by atoms with van der Waals surface area (Å²) in [6.45, 7) is 1.70. The van der Waals surface area contributed by atoms with Crippen molar-refractivity contribution < 1.29 is 9.18 Å². The fourth-order valence-corrected chi connectivity index (χ4v) is 3.39. The quantitative estimate of drug-likeness (QED) is 0.858. The third kappa shape index (κ3) is 2.23. The molecule has 0 saturated carbocycles. The van der Waals surface area contributed by atoms with Crippen LogP contribution in [-0.4, -0.2) is 36.0 Å². The highest BCUT2D eigenvalue weighted by Gasteiger charge is 2.39. The molecule has 2 unspecified atom stereocenters. The van der Waals surface area contributed by atoms with Gasteiger partial charge in [0.2, 0.25) is 0 Å². The van der Waals surface area contributed by atoms with Gasteiger partial charge in [0.15, 0.2) is 0 Å². The highest BCUT2D eigenvalue weighted by molar-refractivity contribution is 6.33. The Morgan fingerprint density at radius 1 is 1.32 bits per heavy atom. The van der Waals surface area contributed by atoms with Gasteiger partial charge in [-0.1, -0.05) is 17.7 Å². The Labute approximate surface area is 116 Å². The lowest BCUT2D eigenvalue weighted by molar-refractivity contribution is 0.0675. The predicted molar refractivity (Wildman–Crippen MR) is 71.9 cm³/mol. The van der Waals surface area contributed by atoms with Crippen LogP contribution in [0.15, 0.2) is 18.2 Å². The topological polar surface area (TPSA) is 32.3 Å². The molecule has 1 N–H and O–H groups in total. The number of benzene rings is 1. The molecule has 0 aliphatic carbocycles. The number of nitrogens with zero attached hydrogens (tertiary/aromatic N) is 1. The normalized spacial score (nSPS) is 26.3. The first-order valence-corrected chi connectivity index (χ1v) is 7.03. The van der Waals surface area contributed by atoms with Gasteiger partial charge >= 0.3 is 0 Å². The van der Waals surface area contributed by atoms with E-state index in [1.165, 1.54) is 12.1 Å². The van der Waals surface area contributed by atoms with Crippen LogP contribution in [0.3, 0.4) is 0 Å². The van der Waals surface area contributed by atoms with Crippen LogP contribution in [0, 0.1) is 5.82 Å². The molecule has 3 nitrogen and oxygen atoms in total. The van der Waals surface area contributed by atoms with Crippen LogP contribution in [0.25, 0.3) is 0 Å². The fraction of sp³-hybridized carbons (Fsp3) is 0.500. The molecule has 2 bridgehead atoms. The Balaban J connectivity index is 1.95. The van der Waals surface area contributed by atoms with Crippen molar-refractivity contribution in [3.05, 3.63) is 34.6 Å². The summed E-state index contributed by atoms with van der Waals surface area (Å²) in [5, 5.41) is 3.52. The number of carbonyl (C=O) groups is 1. The molecule has 2 aliphatic heterocycles. The number of rotatable bonds is 1. The van der Waals surface area contributed by atoms with Gasteiger partial charge in [0, 0.05) is 18.6 Å². The van der Waals surface area contributed by atoms with E-state index in [1.807, 2.05) is 4.90 Å². The molecule has 1 amide bonds. The van der Waals surface area contributed by atoms with Gasteiger partial charge < -0.3 is 10.2 Å². The highest BCUT2D eigenvalue weighted by Crippen LogP contribution is 2.31. The highest BCUT2D eigenvalue weighted by atomic mass is 35.5. The monoisotopic (exact) mass is 282 g/mol. The molecular formula is C14H16ClFN2O. The Bertz CT molecular complexity index is 474. The molecule has 19 heavy (non-hydrogen) atoms. The van der Waals surface area contributed by atoms with Crippen molar-refractivity contribution in [2.45, 2.75) is 31.3 Å². The predicted octanol–water partition coefficient (Wildman–Crippen LogP) is 2.45. The minimum absolute atomic E-state index is 0.0166. The molecule has 5 heteroatoms. The van der Waals surface area contributed by atoms with E-state index < -0.39 is 5.82 Å². The average Bonchev–Trinajstić information content (AvgIpc) is 2.62. The molecule has 2 saturated heterocycles. The summed E-state index contributed by atoms with van der Waals surface area (Å²) in [5.41, 5.74) is 0.0166. The first kappa shape index (κ1) is 12.9. The molecular weight excluding hydrogens is 267 g/mol. The Morgan fingerprint density at radius 3 is 2.89 bits per heavy atom. The number of nitrogens with one attached hydrogen (secondary N) is 1. The minimum Gasteiger partial charge on any atom is -0.331 e. The van der Waals surface area contributed by atoms with Gasteiger partial charge in [-0.25, -0.2) is 4.39 Å². The summed E-state index contributed by atoms with van der Waals surface area (Å²) in [5.74, 6) is -0.798. The van der Waals surface area contributed by atoms with E-state index >= 15 is 0 Å². The van der Waals surface area contributed by atoms with Crippen LogP contribution in [0.1, 0.15) is 29.6 Å². The van der Waals surface area contributed by atoms with Gasteiger partial charge in [-0.2, -0.15) is 0 Å². The second-order valence-electron chi connectivity index (χ2n) is 5.19. The van der Waals surface area contributed by atoms with Crippen molar-refractivity contribution in [2.75, 3.05) is 13.1 Å². The van der Waals surface area contributed by atoms with Crippen LogP contribution in [0.4, 0.5) is 4.39 Å². The maximum atomic E-state index is 13.9. The SMILES string of the molecule is O=C(c1c(F)cccc1Cl)N1C2CCNCC1CC2.